The summed E-state index contributed by atoms with van der Waals surface area (Å²) < 4.78 is 21.2. The maximum atomic E-state index is 13.3. The summed E-state index contributed by atoms with van der Waals surface area (Å²) in [5, 5.41) is 15.3. The number of hydrogen-bond donors (Lipinski definition) is 0. The molecule has 202 valence electrons. The number of halogens is 1. The number of anilines is 1. The summed E-state index contributed by atoms with van der Waals surface area (Å²) in [5.74, 6) is 1.32. The minimum absolute atomic E-state index is 0.267. The van der Waals surface area contributed by atoms with E-state index in [0.717, 1.165) is 47.6 Å². The summed E-state index contributed by atoms with van der Waals surface area (Å²) in [5.41, 5.74) is 4.45. The standard InChI is InChI=1S/C31H35FN6O/c1-21-26(17-33)28-34-30(31(2,3)20-39-19-22-11-13-24(32)14-12-22)35-38(28)29(27(21)23-9-7-6-8-10-23)37-16-15-25(18-37)36(4)5/h6-14,25H,15-16,18-20H2,1-5H3/t25-/m0/s1. The molecule has 0 radical (unpaired) electrons. The fourth-order valence-electron chi connectivity index (χ4n) is 5.28. The molecule has 0 unspecified atom stereocenters. The van der Waals surface area contributed by atoms with E-state index in [1.54, 1.807) is 12.1 Å². The van der Waals surface area contributed by atoms with Crippen molar-refractivity contribution < 1.29 is 9.13 Å². The lowest BCUT2D eigenvalue weighted by Gasteiger charge is -2.26. The molecule has 0 amide bonds. The van der Waals surface area contributed by atoms with Gasteiger partial charge >= 0.3 is 0 Å². The van der Waals surface area contributed by atoms with Crippen LogP contribution in [0.15, 0.2) is 54.6 Å². The lowest BCUT2D eigenvalue weighted by molar-refractivity contribution is 0.0797. The number of nitrogens with zero attached hydrogens (tertiary/aromatic N) is 6. The molecule has 39 heavy (non-hydrogen) atoms. The van der Waals surface area contributed by atoms with E-state index in [1.807, 2.05) is 43.5 Å². The van der Waals surface area contributed by atoms with Crippen LogP contribution in [0.25, 0.3) is 16.8 Å². The zero-order valence-corrected chi connectivity index (χ0v) is 23.3. The van der Waals surface area contributed by atoms with Crippen LogP contribution in [0.1, 0.15) is 42.8 Å². The van der Waals surface area contributed by atoms with Crippen LogP contribution in [0.3, 0.4) is 0 Å². The third-order valence-electron chi connectivity index (χ3n) is 7.62. The lowest BCUT2D eigenvalue weighted by atomic mass is 9.94. The van der Waals surface area contributed by atoms with E-state index in [1.165, 1.54) is 12.1 Å². The zero-order valence-electron chi connectivity index (χ0n) is 23.3. The smallest absolute Gasteiger partial charge is 0.176 e. The van der Waals surface area contributed by atoms with Gasteiger partial charge in [-0.05, 0) is 56.3 Å². The second kappa shape index (κ2) is 10.8. The highest BCUT2D eigenvalue weighted by Gasteiger charge is 2.33. The van der Waals surface area contributed by atoms with E-state index in [-0.39, 0.29) is 5.82 Å². The molecule has 0 spiro atoms. The van der Waals surface area contributed by atoms with Gasteiger partial charge in [0.1, 0.15) is 23.3 Å². The van der Waals surface area contributed by atoms with E-state index in [2.05, 4.69) is 42.1 Å². The van der Waals surface area contributed by atoms with E-state index in [4.69, 9.17) is 14.8 Å². The van der Waals surface area contributed by atoms with Crippen molar-refractivity contribution >= 4 is 11.5 Å². The van der Waals surface area contributed by atoms with Crippen LogP contribution < -0.4 is 4.90 Å². The van der Waals surface area contributed by atoms with Crippen LogP contribution >= 0.6 is 0 Å². The second-order valence-electron chi connectivity index (χ2n) is 11.2. The van der Waals surface area contributed by atoms with E-state index in [9.17, 15) is 9.65 Å². The summed E-state index contributed by atoms with van der Waals surface area (Å²) >= 11 is 0. The van der Waals surface area contributed by atoms with E-state index < -0.39 is 5.41 Å². The molecule has 4 aromatic rings. The number of fused-ring (bicyclic) bond motifs is 1. The predicted molar refractivity (Wildman–Crippen MR) is 151 cm³/mol. The minimum atomic E-state index is -0.520. The van der Waals surface area contributed by atoms with Gasteiger partial charge in [0.15, 0.2) is 11.5 Å². The number of rotatable bonds is 8. The predicted octanol–water partition coefficient (Wildman–Crippen LogP) is 5.35. The number of hydrogen-bond acceptors (Lipinski definition) is 6. The molecule has 0 aliphatic carbocycles. The molecule has 1 aliphatic rings. The van der Waals surface area contributed by atoms with Gasteiger partial charge in [0.25, 0.3) is 0 Å². The summed E-state index contributed by atoms with van der Waals surface area (Å²) in [6, 6.07) is 19.4. The van der Waals surface area contributed by atoms with Gasteiger partial charge in [-0.15, -0.1) is 5.10 Å². The summed E-state index contributed by atoms with van der Waals surface area (Å²) in [7, 11) is 4.24. The van der Waals surface area contributed by atoms with Gasteiger partial charge in [-0.1, -0.05) is 56.3 Å². The molecule has 0 N–H and O–H groups in total. The first-order valence-corrected chi connectivity index (χ1v) is 13.3. The normalized spacial score (nSPS) is 15.8. The fraction of sp³-hybridized carbons (Fsp3) is 0.387. The van der Waals surface area contributed by atoms with Gasteiger partial charge in [0.2, 0.25) is 0 Å². The Labute approximate surface area is 229 Å². The first kappa shape index (κ1) is 26.8. The van der Waals surface area contributed by atoms with Crippen molar-refractivity contribution in [1.29, 1.82) is 5.26 Å². The van der Waals surface area contributed by atoms with Crippen LogP contribution in [0.4, 0.5) is 10.2 Å². The molecule has 3 heterocycles. The van der Waals surface area contributed by atoms with Gasteiger partial charge in [-0.3, -0.25) is 0 Å². The molecule has 2 aromatic heterocycles. The van der Waals surface area contributed by atoms with Crippen LogP contribution in [0.2, 0.25) is 0 Å². The van der Waals surface area contributed by atoms with Gasteiger partial charge in [-0.25, -0.2) is 9.37 Å². The number of likely N-dealkylation sites (N-methyl/N-ethyl adjacent to an activating group) is 1. The summed E-state index contributed by atoms with van der Waals surface area (Å²) in [6.07, 6.45) is 1.05. The van der Waals surface area contributed by atoms with Crippen molar-refractivity contribution in [1.82, 2.24) is 19.5 Å². The van der Waals surface area contributed by atoms with Crippen molar-refractivity contribution in [3.63, 3.8) is 0 Å². The van der Waals surface area contributed by atoms with Gasteiger partial charge in [0.05, 0.1) is 13.2 Å². The molecule has 1 saturated heterocycles. The SMILES string of the molecule is Cc1c(-c2ccccc2)c(N2CC[C@H](N(C)C)C2)n2nc(C(C)(C)COCc3ccc(F)cc3)nc2c1C#N. The number of aromatic nitrogens is 3. The van der Waals surface area contributed by atoms with Gasteiger partial charge in [0, 0.05) is 30.1 Å². The average molecular weight is 527 g/mol. The molecule has 8 heteroatoms. The Morgan fingerprint density at radius 1 is 1.13 bits per heavy atom. The molecule has 7 nitrogen and oxygen atoms in total. The highest BCUT2D eigenvalue weighted by molar-refractivity contribution is 5.85. The van der Waals surface area contributed by atoms with Crippen LogP contribution in [0, 0.1) is 24.1 Å². The first-order chi connectivity index (χ1) is 18.7. The molecule has 0 saturated carbocycles. The molecule has 1 fully saturated rings. The molecular weight excluding hydrogens is 491 g/mol. The lowest BCUT2D eigenvalue weighted by Crippen LogP contribution is -2.32. The largest absolute Gasteiger partial charge is 0.376 e. The summed E-state index contributed by atoms with van der Waals surface area (Å²) in [4.78, 5) is 9.58. The second-order valence-corrected chi connectivity index (χ2v) is 11.2. The average Bonchev–Trinajstić information content (AvgIpc) is 3.58. The molecule has 0 bridgehead atoms. The van der Waals surface area contributed by atoms with Crippen molar-refractivity contribution in [2.75, 3.05) is 38.7 Å². The quantitative estimate of drug-likeness (QED) is 0.308. The number of nitriles is 1. The Morgan fingerprint density at radius 2 is 1.85 bits per heavy atom. The highest BCUT2D eigenvalue weighted by Crippen LogP contribution is 2.39. The number of pyridine rings is 1. The van der Waals surface area contributed by atoms with Gasteiger partial charge in [-0.2, -0.15) is 9.78 Å². The highest BCUT2D eigenvalue weighted by atomic mass is 19.1. The van der Waals surface area contributed by atoms with Gasteiger partial charge < -0.3 is 14.5 Å². The molecule has 1 aliphatic heterocycles. The van der Waals surface area contributed by atoms with Crippen molar-refractivity contribution in [3.05, 3.63) is 82.9 Å². The Bertz CT molecular complexity index is 1500. The molecule has 2 aromatic carbocycles. The molecular formula is C31H35FN6O. The zero-order chi connectivity index (χ0) is 27.7. The Hall–Kier alpha value is -3.80. The maximum Gasteiger partial charge on any atom is 0.176 e. The Balaban J connectivity index is 1.58. The maximum absolute atomic E-state index is 13.3. The topological polar surface area (TPSA) is 69.7 Å². The van der Waals surface area contributed by atoms with E-state index >= 15 is 0 Å². The van der Waals surface area contributed by atoms with Crippen molar-refractivity contribution in [2.24, 2.45) is 0 Å². The first-order valence-electron chi connectivity index (χ1n) is 13.3. The van der Waals surface area contributed by atoms with Crippen LogP contribution in [-0.2, 0) is 16.8 Å². The Morgan fingerprint density at radius 3 is 2.49 bits per heavy atom. The number of benzene rings is 2. The molecule has 5 rings (SSSR count). The minimum Gasteiger partial charge on any atom is -0.376 e. The van der Waals surface area contributed by atoms with Crippen molar-refractivity contribution in [2.45, 2.75) is 45.3 Å². The number of ether oxygens (including phenoxy) is 1. The fourth-order valence-corrected chi connectivity index (χ4v) is 5.28. The van der Waals surface area contributed by atoms with Crippen molar-refractivity contribution in [3.8, 4) is 17.2 Å². The summed E-state index contributed by atoms with van der Waals surface area (Å²) in [6.45, 7) is 8.59. The van der Waals surface area contributed by atoms with E-state index in [0.29, 0.717) is 36.3 Å². The van der Waals surface area contributed by atoms with Crippen LogP contribution in [-0.4, -0.2) is 59.3 Å². The third kappa shape index (κ3) is 5.25. The molecule has 1 atom stereocenters. The third-order valence-corrected chi connectivity index (χ3v) is 7.62. The Kier molecular flexibility index (Phi) is 7.39. The van der Waals surface area contributed by atoms with Crippen LogP contribution in [0.5, 0.6) is 0 Å². The monoisotopic (exact) mass is 526 g/mol.